The summed E-state index contributed by atoms with van der Waals surface area (Å²) in [5.74, 6) is 0.387. The van der Waals surface area contributed by atoms with E-state index < -0.39 is 0 Å². The second-order valence-corrected chi connectivity index (χ2v) is 3.70. The van der Waals surface area contributed by atoms with Gasteiger partial charge in [0, 0.05) is 0 Å². The standard InChI is InChI=1S/C11H14FNO/c1-3-8-10(13)9-7(12)5-4-6(2)11(9)14-8/h4-5,8,10H,3,13H2,1-2H3. The molecular formula is C11H14FNO. The number of fused-ring (bicyclic) bond motifs is 1. The van der Waals surface area contributed by atoms with Crippen LogP contribution in [0.3, 0.4) is 0 Å². The maximum Gasteiger partial charge on any atom is 0.131 e. The van der Waals surface area contributed by atoms with E-state index >= 15 is 0 Å². The van der Waals surface area contributed by atoms with Gasteiger partial charge in [-0.1, -0.05) is 13.0 Å². The Bertz CT molecular complexity index is 365. The van der Waals surface area contributed by atoms with Crippen LogP contribution in [-0.2, 0) is 0 Å². The van der Waals surface area contributed by atoms with E-state index in [0.717, 1.165) is 12.0 Å². The van der Waals surface area contributed by atoms with E-state index in [1.807, 2.05) is 13.8 Å². The molecule has 0 fully saturated rings. The van der Waals surface area contributed by atoms with Crippen molar-refractivity contribution in [2.24, 2.45) is 5.73 Å². The molecule has 0 spiro atoms. The zero-order chi connectivity index (χ0) is 10.3. The summed E-state index contributed by atoms with van der Waals surface area (Å²) >= 11 is 0. The van der Waals surface area contributed by atoms with Gasteiger partial charge in [0.1, 0.15) is 17.7 Å². The Labute approximate surface area is 82.9 Å². The summed E-state index contributed by atoms with van der Waals surface area (Å²) in [7, 11) is 0. The van der Waals surface area contributed by atoms with Crippen LogP contribution in [0, 0.1) is 12.7 Å². The lowest BCUT2D eigenvalue weighted by atomic mass is 10.0. The Morgan fingerprint density at radius 3 is 2.79 bits per heavy atom. The van der Waals surface area contributed by atoms with E-state index in [1.165, 1.54) is 6.07 Å². The number of ether oxygens (including phenoxy) is 1. The SMILES string of the molecule is CCC1Oc2c(C)ccc(F)c2C1N. The molecule has 76 valence electrons. The summed E-state index contributed by atoms with van der Waals surface area (Å²) in [4.78, 5) is 0. The first-order chi connectivity index (χ1) is 6.65. The van der Waals surface area contributed by atoms with Crippen molar-refractivity contribution in [1.82, 2.24) is 0 Å². The molecule has 1 aromatic rings. The molecule has 0 bridgehead atoms. The molecule has 2 N–H and O–H groups in total. The van der Waals surface area contributed by atoms with Crippen molar-refractivity contribution in [3.8, 4) is 5.75 Å². The second kappa shape index (κ2) is 3.24. The molecule has 2 nitrogen and oxygen atoms in total. The van der Waals surface area contributed by atoms with Gasteiger partial charge in [0.15, 0.2) is 0 Å². The fourth-order valence-corrected chi connectivity index (χ4v) is 1.90. The van der Waals surface area contributed by atoms with Gasteiger partial charge in [0.2, 0.25) is 0 Å². The molecular weight excluding hydrogens is 181 g/mol. The molecule has 0 saturated carbocycles. The summed E-state index contributed by atoms with van der Waals surface area (Å²) in [6, 6.07) is 2.85. The summed E-state index contributed by atoms with van der Waals surface area (Å²) in [6.45, 7) is 3.90. The largest absolute Gasteiger partial charge is 0.488 e. The van der Waals surface area contributed by atoms with Crippen molar-refractivity contribution >= 4 is 0 Å². The lowest BCUT2D eigenvalue weighted by molar-refractivity contribution is 0.201. The molecule has 2 unspecified atom stereocenters. The first-order valence-corrected chi connectivity index (χ1v) is 4.86. The van der Waals surface area contributed by atoms with Crippen LogP contribution in [0.25, 0.3) is 0 Å². The minimum atomic E-state index is -0.324. The van der Waals surface area contributed by atoms with Crippen LogP contribution in [0.2, 0.25) is 0 Å². The maximum absolute atomic E-state index is 13.5. The quantitative estimate of drug-likeness (QED) is 0.746. The third-order valence-electron chi connectivity index (χ3n) is 2.75. The Morgan fingerprint density at radius 1 is 1.50 bits per heavy atom. The molecule has 2 rings (SSSR count). The molecule has 1 aliphatic heterocycles. The number of hydrogen-bond donors (Lipinski definition) is 1. The molecule has 1 aliphatic rings. The summed E-state index contributed by atoms with van der Waals surface area (Å²) < 4.78 is 19.1. The van der Waals surface area contributed by atoms with E-state index in [9.17, 15) is 4.39 Å². The van der Waals surface area contributed by atoms with Crippen LogP contribution < -0.4 is 10.5 Å². The van der Waals surface area contributed by atoms with Crippen molar-refractivity contribution in [2.45, 2.75) is 32.4 Å². The molecule has 1 aromatic carbocycles. The lowest BCUT2D eigenvalue weighted by Gasteiger charge is -2.11. The first-order valence-electron chi connectivity index (χ1n) is 4.86. The van der Waals surface area contributed by atoms with Gasteiger partial charge in [-0.05, 0) is 25.0 Å². The third kappa shape index (κ3) is 1.20. The van der Waals surface area contributed by atoms with Crippen LogP contribution in [0.5, 0.6) is 5.75 Å². The molecule has 0 amide bonds. The number of benzene rings is 1. The van der Waals surface area contributed by atoms with Gasteiger partial charge in [-0.25, -0.2) is 4.39 Å². The van der Waals surface area contributed by atoms with E-state index in [1.54, 1.807) is 6.07 Å². The number of nitrogens with two attached hydrogens (primary N) is 1. The first kappa shape index (κ1) is 9.46. The third-order valence-corrected chi connectivity index (χ3v) is 2.75. The molecule has 14 heavy (non-hydrogen) atoms. The van der Waals surface area contributed by atoms with Gasteiger partial charge in [0.25, 0.3) is 0 Å². The lowest BCUT2D eigenvalue weighted by Crippen LogP contribution is -2.24. The average molecular weight is 195 g/mol. The molecule has 0 radical (unpaired) electrons. The average Bonchev–Trinajstić information content (AvgIpc) is 2.51. The maximum atomic E-state index is 13.5. The number of halogens is 1. The Hall–Kier alpha value is -1.09. The second-order valence-electron chi connectivity index (χ2n) is 3.70. The topological polar surface area (TPSA) is 35.2 Å². The predicted octanol–water partition coefficient (Wildman–Crippen LogP) is 2.30. The highest BCUT2D eigenvalue weighted by atomic mass is 19.1. The molecule has 0 aliphatic carbocycles. The molecule has 0 saturated heterocycles. The number of rotatable bonds is 1. The van der Waals surface area contributed by atoms with Gasteiger partial charge in [0.05, 0.1) is 11.6 Å². The number of hydrogen-bond acceptors (Lipinski definition) is 2. The highest BCUT2D eigenvalue weighted by Gasteiger charge is 2.33. The van der Waals surface area contributed by atoms with Crippen LogP contribution >= 0.6 is 0 Å². The summed E-state index contributed by atoms with van der Waals surface area (Å²) in [5, 5.41) is 0. The van der Waals surface area contributed by atoms with E-state index in [0.29, 0.717) is 11.3 Å². The molecule has 2 atom stereocenters. The normalized spacial score (nSPS) is 24.6. The highest BCUT2D eigenvalue weighted by Crippen LogP contribution is 2.40. The van der Waals surface area contributed by atoms with E-state index in [2.05, 4.69) is 0 Å². The van der Waals surface area contributed by atoms with Gasteiger partial charge >= 0.3 is 0 Å². The monoisotopic (exact) mass is 195 g/mol. The van der Waals surface area contributed by atoms with Gasteiger partial charge in [-0.15, -0.1) is 0 Å². The van der Waals surface area contributed by atoms with Crippen LogP contribution in [0.15, 0.2) is 12.1 Å². The zero-order valence-corrected chi connectivity index (χ0v) is 8.38. The van der Waals surface area contributed by atoms with Gasteiger partial charge in [-0.2, -0.15) is 0 Å². The minimum Gasteiger partial charge on any atom is -0.488 e. The summed E-state index contributed by atoms with van der Waals surface area (Å²) in [5.41, 5.74) is 7.40. The predicted molar refractivity (Wildman–Crippen MR) is 52.8 cm³/mol. The van der Waals surface area contributed by atoms with Crippen molar-refractivity contribution in [1.29, 1.82) is 0 Å². The Kier molecular flexibility index (Phi) is 2.19. The van der Waals surface area contributed by atoms with E-state index in [4.69, 9.17) is 10.5 Å². The van der Waals surface area contributed by atoms with E-state index in [-0.39, 0.29) is 18.0 Å². The molecule has 0 aromatic heterocycles. The van der Waals surface area contributed by atoms with Crippen molar-refractivity contribution < 1.29 is 9.13 Å². The van der Waals surface area contributed by atoms with Crippen molar-refractivity contribution in [3.05, 3.63) is 29.1 Å². The van der Waals surface area contributed by atoms with Crippen molar-refractivity contribution in [2.75, 3.05) is 0 Å². The smallest absolute Gasteiger partial charge is 0.131 e. The van der Waals surface area contributed by atoms with Crippen LogP contribution in [-0.4, -0.2) is 6.10 Å². The van der Waals surface area contributed by atoms with Gasteiger partial charge < -0.3 is 10.5 Å². The Morgan fingerprint density at radius 2 is 2.21 bits per heavy atom. The molecule has 1 heterocycles. The fraction of sp³-hybridized carbons (Fsp3) is 0.455. The number of aryl methyl sites for hydroxylation is 1. The highest BCUT2D eigenvalue weighted by molar-refractivity contribution is 5.47. The zero-order valence-electron chi connectivity index (χ0n) is 8.38. The Balaban J connectivity index is 2.52. The van der Waals surface area contributed by atoms with Crippen molar-refractivity contribution in [3.63, 3.8) is 0 Å². The van der Waals surface area contributed by atoms with Crippen LogP contribution in [0.1, 0.15) is 30.5 Å². The van der Waals surface area contributed by atoms with Gasteiger partial charge in [-0.3, -0.25) is 0 Å². The fourth-order valence-electron chi connectivity index (χ4n) is 1.90. The summed E-state index contributed by atoms with van der Waals surface area (Å²) in [6.07, 6.45) is 0.718. The minimum absolute atomic E-state index is 0.0828. The molecule has 3 heteroatoms. The van der Waals surface area contributed by atoms with Crippen LogP contribution in [0.4, 0.5) is 4.39 Å².